The first kappa shape index (κ1) is 25.7. The molecular formula is C32H37BrN2. The topological polar surface area (TPSA) is 23.8 Å². The lowest BCUT2D eigenvalue weighted by Crippen LogP contribution is -3.00. The smallest absolute Gasteiger partial charge is 0.107 e. The maximum atomic E-state index is 10.6. The van der Waals surface area contributed by atoms with Crippen molar-refractivity contribution in [1.29, 1.82) is 5.26 Å². The lowest BCUT2D eigenvalue weighted by atomic mass is 9.67. The van der Waals surface area contributed by atoms with Crippen LogP contribution in [0.5, 0.6) is 0 Å². The van der Waals surface area contributed by atoms with Gasteiger partial charge in [0.25, 0.3) is 0 Å². The molecule has 0 spiro atoms. The van der Waals surface area contributed by atoms with Gasteiger partial charge < -0.3 is 21.5 Å². The molecule has 5 rings (SSSR count). The Kier molecular flexibility index (Phi) is 8.15. The highest BCUT2D eigenvalue weighted by Crippen LogP contribution is 2.48. The van der Waals surface area contributed by atoms with Crippen molar-refractivity contribution in [2.24, 2.45) is 5.92 Å². The van der Waals surface area contributed by atoms with Crippen LogP contribution in [-0.4, -0.2) is 30.2 Å². The minimum Gasteiger partial charge on any atom is -1.00 e. The third kappa shape index (κ3) is 5.11. The number of benzene rings is 3. The van der Waals surface area contributed by atoms with E-state index in [1.165, 1.54) is 55.1 Å². The number of quaternary nitrogens is 1. The zero-order valence-electron chi connectivity index (χ0n) is 20.8. The molecule has 2 fully saturated rings. The van der Waals surface area contributed by atoms with Gasteiger partial charge in [-0.3, -0.25) is 0 Å². The van der Waals surface area contributed by atoms with Gasteiger partial charge in [-0.2, -0.15) is 5.26 Å². The maximum Gasteiger partial charge on any atom is 0.107 e. The van der Waals surface area contributed by atoms with E-state index >= 15 is 0 Å². The van der Waals surface area contributed by atoms with Crippen molar-refractivity contribution in [3.63, 3.8) is 0 Å². The molecule has 4 atom stereocenters. The third-order valence-electron chi connectivity index (χ3n) is 8.98. The molecule has 0 saturated carbocycles. The Labute approximate surface area is 222 Å². The van der Waals surface area contributed by atoms with Crippen LogP contribution >= 0.6 is 0 Å². The van der Waals surface area contributed by atoms with Crippen LogP contribution in [0, 0.1) is 17.2 Å². The predicted octanol–water partition coefficient (Wildman–Crippen LogP) is 3.91. The minimum absolute atomic E-state index is 0. The molecule has 0 N–H and O–H groups in total. The second kappa shape index (κ2) is 11.1. The maximum absolute atomic E-state index is 10.6. The molecule has 182 valence electrons. The number of piperidine rings is 1. The van der Waals surface area contributed by atoms with E-state index in [1.54, 1.807) is 0 Å². The second-order valence-corrected chi connectivity index (χ2v) is 10.8. The number of fused-ring (bicyclic) bond motifs is 2. The summed E-state index contributed by atoms with van der Waals surface area (Å²) in [5.74, 6) is 0.595. The van der Waals surface area contributed by atoms with Crippen molar-refractivity contribution in [2.45, 2.75) is 62.4 Å². The summed E-state index contributed by atoms with van der Waals surface area (Å²) in [5.41, 5.74) is 3.17. The van der Waals surface area contributed by atoms with E-state index < -0.39 is 5.41 Å². The van der Waals surface area contributed by atoms with Crippen LogP contribution in [0.15, 0.2) is 91.0 Å². The number of nitriles is 1. The second-order valence-electron chi connectivity index (χ2n) is 10.8. The van der Waals surface area contributed by atoms with Gasteiger partial charge in [0, 0.05) is 32.1 Å². The summed E-state index contributed by atoms with van der Waals surface area (Å²) in [7, 11) is 2.52. The van der Waals surface area contributed by atoms with E-state index in [2.05, 4.69) is 104 Å². The average molecular weight is 530 g/mol. The Hall–Kier alpha value is -2.41. The number of hydrogen-bond donors (Lipinski definition) is 0. The molecule has 2 bridgehead atoms. The summed E-state index contributed by atoms with van der Waals surface area (Å²) in [6, 6.07) is 36.2. The first-order chi connectivity index (χ1) is 16.6. The third-order valence-corrected chi connectivity index (χ3v) is 8.98. The van der Waals surface area contributed by atoms with E-state index in [0.717, 1.165) is 29.6 Å². The first-order valence-corrected chi connectivity index (χ1v) is 13.1. The molecule has 3 aromatic carbocycles. The Morgan fingerprint density at radius 2 is 1.29 bits per heavy atom. The van der Waals surface area contributed by atoms with Gasteiger partial charge in [0.15, 0.2) is 0 Å². The van der Waals surface area contributed by atoms with Crippen molar-refractivity contribution >= 4 is 0 Å². The van der Waals surface area contributed by atoms with E-state index in [9.17, 15) is 5.26 Å². The molecular weight excluding hydrogens is 492 g/mol. The zero-order valence-corrected chi connectivity index (χ0v) is 22.4. The standard InChI is InChI=1S/C32H37N2.BrH/c1-34(21-11-14-26-12-5-2-6-13-26)30-19-20-31(34)23-27(22-30)24-32(25-33,28-15-7-3-8-16-28)29-17-9-4-10-18-29;/h2-10,12-13,15-18,27,30-31H,11,14,19-24H2,1H3;1H/q+1;/p-1/t27?,30-,31+,34?;. The fourth-order valence-electron chi connectivity index (χ4n) is 7.11. The van der Waals surface area contributed by atoms with Crippen molar-refractivity contribution < 1.29 is 21.5 Å². The van der Waals surface area contributed by atoms with Gasteiger partial charge in [-0.05, 0) is 35.4 Å². The number of nitrogens with zero attached hydrogens (tertiary/aromatic N) is 2. The summed E-state index contributed by atoms with van der Waals surface area (Å²) in [6.07, 6.45) is 8.56. The first-order valence-electron chi connectivity index (χ1n) is 13.1. The van der Waals surface area contributed by atoms with Crippen LogP contribution in [-0.2, 0) is 11.8 Å². The lowest BCUT2D eigenvalue weighted by Gasteiger charge is -2.48. The highest BCUT2D eigenvalue weighted by atomic mass is 79.9. The van der Waals surface area contributed by atoms with Crippen LogP contribution in [0.2, 0.25) is 0 Å². The Morgan fingerprint density at radius 3 is 1.77 bits per heavy atom. The van der Waals surface area contributed by atoms with E-state index in [0.29, 0.717) is 5.92 Å². The fourth-order valence-corrected chi connectivity index (χ4v) is 7.11. The molecule has 2 aliphatic heterocycles. The number of hydrogen-bond acceptors (Lipinski definition) is 1. The predicted molar refractivity (Wildman–Crippen MR) is 139 cm³/mol. The summed E-state index contributed by atoms with van der Waals surface area (Å²) >= 11 is 0. The largest absolute Gasteiger partial charge is 1.00 e. The average Bonchev–Trinajstić information content (AvgIpc) is 3.05. The molecule has 0 radical (unpaired) electrons. The van der Waals surface area contributed by atoms with Crippen LogP contribution in [0.4, 0.5) is 0 Å². The molecule has 3 heteroatoms. The number of aryl methyl sites for hydroxylation is 1. The van der Waals surface area contributed by atoms with Crippen LogP contribution in [0.25, 0.3) is 0 Å². The number of halogens is 1. The van der Waals surface area contributed by atoms with Gasteiger partial charge in [0.2, 0.25) is 0 Å². The molecule has 0 aliphatic carbocycles. The van der Waals surface area contributed by atoms with E-state index in [4.69, 9.17) is 0 Å². The molecule has 0 amide bonds. The quantitative estimate of drug-likeness (QED) is 0.406. The summed E-state index contributed by atoms with van der Waals surface area (Å²) in [5, 5.41) is 10.6. The minimum atomic E-state index is -0.569. The number of rotatable bonds is 8. The molecule has 35 heavy (non-hydrogen) atoms. The van der Waals surface area contributed by atoms with Crippen LogP contribution < -0.4 is 17.0 Å². The van der Waals surface area contributed by atoms with Gasteiger partial charge in [0.1, 0.15) is 5.41 Å². The van der Waals surface area contributed by atoms with Crippen molar-refractivity contribution in [3.05, 3.63) is 108 Å². The van der Waals surface area contributed by atoms with E-state index in [-0.39, 0.29) is 17.0 Å². The Morgan fingerprint density at radius 1 is 0.800 bits per heavy atom. The highest BCUT2D eigenvalue weighted by Gasteiger charge is 2.52. The molecule has 3 aromatic rings. The normalized spacial score (nSPS) is 25.4. The molecule has 0 aromatic heterocycles. The van der Waals surface area contributed by atoms with E-state index in [1.807, 2.05) is 0 Å². The van der Waals surface area contributed by atoms with Gasteiger partial charge in [0.05, 0.1) is 31.7 Å². The summed E-state index contributed by atoms with van der Waals surface area (Å²) in [6.45, 7) is 1.28. The monoisotopic (exact) mass is 528 g/mol. The van der Waals surface area contributed by atoms with Gasteiger partial charge in [-0.15, -0.1) is 0 Å². The molecule has 2 aliphatic rings. The Bertz CT molecular complexity index is 1050. The van der Waals surface area contributed by atoms with Crippen molar-refractivity contribution in [1.82, 2.24) is 0 Å². The fraction of sp³-hybridized carbons (Fsp3) is 0.406. The summed E-state index contributed by atoms with van der Waals surface area (Å²) in [4.78, 5) is 0. The van der Waals surface area contributed by atoms with Crippen LogP contribution in [0.1, 0.15) is 55.2 Å². The lowest BCUT2D eigenvalue weighted by molar-refractivity contribution is -0.949. The van der Waals surface area contributed by atoms with Crippen molar-refractivity contribution in [3.8, 4) is 6.07 Å². The van der Waals surface area contributed by atoms with Gasteiger partial charge in [-0.25, -0.2) is 0 Å². The van der Waals surface area contributed by atoms with Crippen LogP contribution in [0.3, 0.4) is 0 Å². The Balaban J connectivity index is 0.00000289. The highest BCUT2D eigenvalue weighted by molar-refractivity contribution is 5.46. The molecule has 2 unspecified atom stereocenters. The van der Waals surface area contributed by atoms with Gasteiger partial charge in [-0.1, -0.05) is 91.0 Å². The van der Waals surface area contributed by atoms with Gasteiger partial charge >= 0.3 is 0 Å². The molecule has 2 nitrogen and oxygen atoms in total. The molecule has 2 heterocycles. The zero-order chi connectivity index (χ0) is 23.4. The van der Waals surface area contributed by atoms with Crippen molar-refractivity contribution in [2.75, 3.05) is 13.6 Å². The molecule has 2 saturated heterocycles. The summed E-state index contributed by atoms with van der Waals surface area (Å²) < 4.78 is 1.25. The SMILES string of the molecule is C[N+]1(CCCc2ccccc2)[C@@H]2CC[C@H]1CC(CC(C#N)(c1ccccc1)c1ccccc1)C2.[Br-].